The predicted octanol–water partition coefficient (Wildman–Crippen LogP) is 2.79. The number of nitrogens with one attached hydrogen (secondary N) is 2. The topological polar surface area (TPSA) is 91.3 Å². The number of benzene rings is 2. The number of carboxylic acids is 1. The van der Waals surface area contributed by atoms with Gasteiger partial charge in [0.1, 0.15) is 6.54 Å². The Morgan fingerprint density at radius 3 is 2.50 bits per heavy atom. The smallest absolute Gasteiger partial charge is 0.322 e. The summed E-state index contributed by atoms with van der Waals surface area (Å²) in [6, 6.07) is 16.5. The second kappa shape index (κ2) is 6.78. The van der Waals surface area contributed by atoms with Gasteiger partial charge in [0.05, 0.1) is 11.2 Å². The molecule has 3 rings (SSSR count). The number of carbonyl (C=O) groups is 2. The molecule has 0 spiro atoms. The second-order valence-corrected chi connectivity index (χ2v) is 5.16. The zero-order valence-corrected chi connectivity index (χ0v) is 12.7. The molecule has 120 valence electrons. The molecule has 0 unspecified atom stereocenters. The maximum Gasteiger partial charge on any atom is 0.322 e. The van der Waals surface area contributed by atoms with Crippen molar-refractivity contribution in [2.45, 2.75) is 0 Å². The Morgan fingerprint density at radius 2 is 1.75 bits per heavy atom. The van der Waals surface area contributed by atoms with Gasteiger partial charge in [0.2, 0.25) is 0 Å². The first-order chi connectivity index (χ1) is 11.6. The molecule has 6 heteroatoms. The number of anilines is 2. The Balaban J connectivity index is 1.76. The van der Waals surface area contributed by atoms with Gasteiger partial charge >= 0.3 is 5.97 Å². The number of rotatable bonds is 5. The van der Waals surface area contributed by atoms with Crippen LogP contribution in [-0.4, -0.2) is 28.5 Å². The number of hydrogen-bond acceptors (Lipinski definition) is 4. The maximum atomic E-state index is 11.8. The van der Waals surface area contributed by atoms with E-state index in [1.54, 1.807) is 30.5 Å². The Kier molecular flexibility index (Phi) is 4.38. The van der Waals surface area contributed by atoms with E-state index in [4.69, 9.17) is 5.11 Å². The molecule has 2 aromatic carbocycles. The standard InChI is InChI=1S/C18H15N3O3/c22-16(23)11-20-18(24)13-6-8-14(9-7-13)21-15-5-1-3-12-4-2-10-19-17(12)15/h1-10,21H,11H2,(H,20,24)(H,22,23). The molecule has 0 saturated carbocycles. The number of fused-ring (bicyclic) bond motifs is 1. The van der Waals surface area contributed by atoms with Gasteiger partial charge in [-0.1, -0.05) is 18.2 Å². The monoisotopic (exact) mass is 321 g/mol. The molecule has 24 heavy (non-hydrogen) atoms. The number of carbonyl (C=O) groups excluding carboxylic acids is 1. The number of carboxylic acid groups (broad SMARTS) is 1. The number of nitrogens with zero attached hydrogens (tertiary/aromatic N) is 1. The predicted molar refractivity (Wildman–Crippen MR) is 91.4 cm³/mol. The van der Waals surface area contributed by atoms with Gasteiger partial charge in [-0.3, -0.25) is 14.6 Å². The van der Waals surface area contributed by atoms with Gasteiger partial charge in [0.25, 0.3) is 5.91 Å². The molecule has 0 fully saturated rings. The summed E-state index contributed by atoms with van der Waals surface area (Å²) in [5.41, 5.74) is 2.94. The summed E-state index contributed by atoms with van der Waals surface area (Å²) in [4.78, 5) is 26.6. The summed E-state index contributed by atoms with van der Waals surface area (Å²) in [5.74, 6) is -1.50. The van der Waals surface area contributed by atoms with Gasteiger partial charge in [0, 0.05) is 22.8 Å². The zero-order chi connectivity index (χ0) is 16.9. The minimum atomic E-state index is -1.08. The molecule has 0 atom stereocenters. The molecule has 0 aliphatic rings. The highest BCUT2D eigenvalue weighted by molar-refractivity contribution is 5.96. The van der Waals surface area contributed by atoms with Crippen LogP contribution in [0.4, 0.5) is 11.4 Å². The van der Waals surface area contributed by atoms with Crippen molar-refractivity contribution in [1.29, 1.82) is 0 Å². The lowest BCUT2D eigenvalue weighted by molar-refractivity contribution is -0.135. The first kappa shape index (κ1) is 15.5. The van der Waals surface area contributed by atoms with Crippen LogP contribution in [0.25, 0.3) is 10.9 Å². The maximum absolute atomic E-state index is 11.8. The van der Waals surface area contributed by atoms with Crippen LogP contribution in [-0.2, 0) is 4.79 Å². The number of aromatic nitrogens is 1. The molecule has 3 N–H and O–H groups in total. The third kappa shape index (κ3) is 3.49. The average molecular weight is 321 g/mol. The highest BCUT2D eigenvalue weighted by Crippen LogP contribution is 2.24. The quantitative estimate of drug-likeness (QED) is 0.672. The lowest BCUT2D eigenvalue weighted by Crippen LogP contribution is -2.29. The van der Waals surface area contributed by atoms with Crippen molar-refractivity contribution in [1.82, 2.24) is 10.3 Å². The Bertz CT molecular complexity index is 886. The van der Waals surface area contributed by atoms with E-state index < -0.39 is 18.4 Å². The number of para-hydroxylation sites is 1. The Hall–Kier alpha value is -3.41. The molecule has 0 aliphatic heterocycles. The van der Waals surface area contributed by atoms with Gasteiger partial charge in [0.15, 0.2) is 0 Å². The van der Waals surface area contributed by atoms with Crippen LogP contribution in [0.5, 0.6) is 0 Å². The average Bonchev–Trinajstić information content (AvgIpc) is 2.60. The molecular formula is C18H15N3O3. The molecule has 1 heterocycles. The molecular weight excluding hydrogens is 306 g/mol. The summed E-state index contributed by atoms with van der Waals surface area (Å²) >= 11 is 0. The summed E-state index contributed by atoms with van der Waals surface area (Å²) in [7, 11) is 0. The third-order valence-electron chi connectivity index (χ3n) is 3.46. The van der Waals surface area contributed by atoms with Crippen LogP contribution in [0.3, 0.4) is 0 Å². The van der Waals surface area contributed by atoms with Crippen molar-refractivity contribution < 1.29 is 14.7 Å². The summed E-state index contributed by atoms with van der Waals surface area (Å²) in [6.07, 6.45) is 1.74. The summed E-state index contributed by atoms with van der Waals surface area (Å²) < 4.78 is 0. The molecule has 0 aliphatic carbocycles. The van der Waals surface area contributed by atoms with Gasteiger partial charge in [-0.15, -0.1) is 0 Å². The number of hydrogen-bond donors (Lipinski definition) is 3. The largest absolute Gasteiger partial charge is 0.480 e. The molecule has 6 nitrogen and oxygen atoms in total. The van der Waals surface area contributed by atoms with Crippen molar-refractivity contribution >= 4 is 34.2 Å². The van der Waals surface area contributed by atoms with E-state index in [0.717, 1.165) is 22.3 Å². The van der Waals surface area contributed by atoms with Crippen LogP contribution in [0.2, 0.25) is 0 Å². The lowest BCUT2D eigenvalue weighted by atomic mass is 10.1. The number of pyridine rings is 1. The Morgan fingerprint density at radius 1 is 1.00 bits per heavy atom. The van der Waals surface area contributed by atoms with Crippen LogP contribution < -0.4 is 10.6 Å². The molecule has 1 amide bonds. The number of aliphatic carboxylic acids is 1. The van der Waals surface area contributed by atoms with E-state index in [9.17, 15) is 9.59 Å². The van der Waals surface area contributed by atoms with Crippen molar-refractivity contribution in [3.8, 4) is 0 Å². The molecule has 3 aromatic rings. The minimum absolute atomic E-state index is 0.401. The van der Waals surface area contributed by atoms with Crippen LogP contribution in [0, 0.1) is 0 Å². The van der Waals surface area contributed by atoms with E-state index in [-0.39, 0.29) is 0 Å². The molecule has 0 radical (unpaired) electrons. The van der Waals surface area contributed by atoms with Gasteiger partial charge < -0.3 is 15.7 Å². The van der Waals surface area contributed by atoms with E-state index in [2.05, 4.69) is 15.6 Å². The molecule has 0 saturated heterocycles. The summed E-state index contributed by atoms with van der Waals surface area (Å²) in [5, 5.41) is 15.2. The lowest BCUT2D eigenvalue weighted by Gasteiger charge is -2.10. The van der Waals surface area contributed by atoms with Crippen LogP contribution >= 0.6 is 0 Å². The fourth-order valence-corrected chi connectivity index (χ4v) is 2.32. The van der Waals surface area contributed by atoms with Gasteiger partial charge in [-0.25, -0.2) is 0 Å². The third-order valence-corrected chi connectivity index (χ3v) is 3.46. The van der Waals surface area contributed by atoms with Crippen molar-refractivity contribution in [3.05, 3.63) is 66.4 Å². The van der Waals surface area contributed by atoms with Crippen molar-refractivity contribution in [2.24, 2.45) is 0 Å². The van der Waals surface area contributed by atoms with Crippen molar-refractivity contribution in [3.63, 3.8) is 0 Å². The van der Waals surface area contributed by atoms with E-state index >= 15 is 0 Å². The fraction of sp³-hybridized carbons (Fsp3) is 0.0556. The van der Waals surface area contributed by atoms with Crippen LogP contribution in [0.1, 0.15) is 10.4 Å². The number of amides is 1. The Labute approximate surface area is 138 Å². The van der Waals surface area contributed by atoms with E-state index in [0.29, 0.717) is 5.56 Å². The normalized spacial score (nSPS) is 10.3. The van der Waals surface area contributed by atoms with E-state index in [1.165, 1.54) is 0 Å². The first-order valence-electron chi connectivity index (χ1n) is 7.34. The minimum Gasteiger partial charge on any atom is -0.480 e. The highest BCUT2D eigenvalue weighted by Gasteiger charge is 2.07. The SMILES string of the molecule is O=C(O)CNC(=O)c1ccc(Nc2cccc3cccnc23)cc1. The fourth-order valence-electron chi connectivity index (χ4n) is 2.32. The van der Waals surface area contributed by atoms with Gasteiger partial charge in [-0.05, 0) is 36.4 Å². The first-order valence-corrected chi connectivity index (χ1v) is 7.34. The molecule has 0 bridgehead atoms. The summed E-state index contributed by atoms with van der Waals surface area (Å²) in [6.45, 7) is -0.402. The van der Waals surface area contributed by atoms with Crippen molar-refractivity contribution in [2.75, 3.05) is 11.9 Å². The molecule has 1 aromatic heterocycles. The highest BCUT2D eigenvalue weighted by atomic mass is 16.4. The second-order valence-electron chi connectivity index (χ2n) is 5.16. The van der Waals surface area contributed by atoms with Gasteiger partial charge in [-0.2, -0.15) is 0 Å². The van der Waals surface area contributed by atoms with E-state index in [1.807, 2.05) is 30.3 Å². The zero-order valence-electron chi connectivity index (χ0n) is 12.7. The van der Waals surface area contributed by atoms with Crippen LogP contribution in [0.15, 0.2) is 60.8 Å².